The molecule has 0 spiro atoms. The fourth-order valence-corrected chi connectivity index (χ4v) is 4.88. The lowest BCUT2D eigenvalue weighted by atomic mass is 9.90. The highest BCUT2D eigenvalue weighted by Gasteiger charge is 2.29. The number of nitrogens with one attached hydrogen (secondary N) is 1. The summed E-state index contributed by atoms with van der Waals surface area (Å²) in [5.41, 5.74) is 8.70. The zero-order valence-electron chi connectivity index (χ0n) is 21.1. The van der Waals surface area contributed by atoms with Crippen molar-refractivity contribution < 1.29 is 19.1 Å². The average Bonchev–Trinajstić information content (AvgIpc) is 2.91. The molecule has 0 atom stereocenters. The maximum Gasteiger partial charge on any atom is 0.255 e. The van der Waals surface area contributed by atoms with Crippen LogP contribution >= 0.6 is 11.6 Å². The second-order valence-electron chi connectivity index (χ2n) is 9.24. The number of halogens is 1. The standard InChI is InChI=1S/C29H32ClN3O4/c1-36-26-14-9-21(17-27(26)37-2)29(35)33(25-12-10-23(31)11-13-25)18-19-5-3-8-24(15-19)32-28(34)20-6-4-7-22(30)16-20/h3-9,14-17,23,25H,10-13,18,31H2,1-2H3,(H,32,34). The van der Waals surface area contributed by atoms with Crippen molar-refractivity contribution in [2.24, 2.45) is 5.73 Å². The quantitative estimate of drug-likeness (QED) is 0.407. The van der Waals surface area contributed by atoms with Gasteiger partial charge < -0.3 is 25.4 Å². The Morgan fingerprint density at radius 1 is 0.919 bits per heavy atom. The second-order valence-corrected chi connectivity index (χ2v) is 9.67. The third-order valence-electron chi connectivity index (χ3n) is 6.70. The molecule has 0 aromatic heterocycles. The van der Waals surface area contributed by atoms with Crippen LogP contribution in [0.25, 0.3) is 0 Å². The van der Waals surface area contributed by atoms with Crippen molar-refractivity contribution in [1.82, 2.24) is 4.90 Å². The molecule has 0 unspecified atom stereocenters. The van der Waals surface area contributed by atoms with Crippen molar-refractivity contribution in [3.8, 4) is 11.5 Å². The first kappa shape index (κ1) is 26.5. The van der Waals surface area contributed by atoms with E-state index < -0.39 is 0 Å². The van der Waals surface area contributed by atoms with E-state index in [0.29, 0.717) is 39.9 Å². The van der Waals surface area contributed by atoms with Gasteiger partial charge in [-0.15, -0.1) is 0 Å². The van der Waals surface area contributed by atoms with E-state index in [1.807, 2.05) is 29.2 Å². The second kappa shape index (κ2) is 12.1. The molecule has 7 nitrogen and oxygen atoms in total. The van der Waals surface area contributed by atoms with Crippen molar-refractivity contribution in [1.29, 1.82) is 0 Å². The highest BCUT2D eigenvalue weighted by Crippen LogP contribution is 2.31. The summed E-state index contributed by atoms with van der Waals surface area (Å²) < 4.78 is 10.8. The van der Waals surface area contributed by atoms with Crippen LogP contribution in [0.4, 0.5) is 5.69 Å². The number of carbonyl (C=O) groups excluding carboxylic acids is 2. The fraction of sp³-hybridized carbons (Fsp3) is 0.310. The number of rotatable bonds is 8. The first-order chi connectivity index (χ1) is 17.9. The Bertz CT molecular complexity index is 1260. The van der Waals surface area contributed by atoms with Crippen LogP contribution in [-0.4, -0.2) is 43.0 Å². The van der Waals surface area contributed by atoms with Crippen LogP contribution in [0.15, 0.2) is 66.7 Å². The minimum absolute atomic E-state index is 0.0603. The Morgan fingerprint density at radius 2 is 1.65 bits per heavy atom. The van der Waals surface area contributed by atoms with Crippen molar-refractivity contribution in [2.75, 3.05) is 19.5 Å². The molecule has 0 aliphatic heterocycles. The summed E-state index contributed by atoms with van der Waals surface area (Å²) in [6.07, 6.45) is 3.42. The van der Waals surface area contributed by atoms with E-state index in [9.17, 15) is 9.59 Å². The van der Waals surface area contributed by atoms with Gasteiger partial charge in [0.1, 0.15) is 0 Å². The lowest BCUT2D eigenvalue weighted by Gasteiger charge is -2.36. The Morgan fingerprint density at radius 3 is 2.35 bits per heavy atom. The molecule has 2 amide bonds. The van der Waals surface area contributed by atoms with Gasteiger partial charge >= 0.3 is 0 Å². The topological polar surface area (TPSA) is 93.9 Å². The first-order valence-electron chi connectivity index (χ1n) is 12.3. The van der Waals surface area contributed by atoms with Crippen LogP contribution in [0, 0.1) is 0 Å². The molecular weight excluding hydrogens is 490 g/mol. The summed E-state index contributed by atoms with van der Waals surface area (Å²) >= 11 is 6.03. The first-order valence-corrected chi connectivity index (χ1v) is 12.7. The van der Waals surface area contributed by atoms with Crippen LogP contribution in [0.3, 0.4) is 0 Å². The molecule has 0 saturated heterocycles. The van der Waals surface area contributed by atoms with Crippen molar-refractivity contribution in [2.45, 2.75) is 44.3 Å². The Labute approximate surface area is 222 Å². The van der Waals surface area contributed by atoms with E-state index in [1.54, 1.807) is 56.7 Å². The largest absolute Gasteiger partial charge is 0.493 e. The van der Waals surface area contributed by atoms with Crippen LogP contribution in [0.5, 0.6) is 11.5 Å². The van der Waals surface area contributed by atoms with E-state index in [0.717, 1.165) is 31.2 Å². The lowest BCUT2D eigenvalue weighted by molar-refractivity contribution is 0.0606. The van der Waals surface area contributed by atoms with Crippen LogP contribution in [0.1, 0.15) is 52.0 Å². The summed E-state index contributed by atoms with van der Waals surface area (Å²) in [7, 11) is 3.12. The summed E-state index contributed by atoms with van der Waals surface area (Å²) in [6, 6.07) is 19.8. The highest BCUT2D eigenvalue weighted by atomic mass is 35.5. The molecule has 0 bridgehead atoms. The number of hydrogen-bond acceptors (Lipinski definition) is 5. The maximum absolute atomic E-state index is 13.8. The lowest BCUT2D eigenvalue weighted by Crippen LogP contribution is -2.43. The molecule has 1 saturated carbocycles. The molecule has 3 aromatic carbocycles. The van der Waals surface area contributed by atoms with Gasteiger partial charge in [-0.2, -0.15) is 0 Å². The van der Waals surface area contributed by atoms with Crippen molar-refractivity contribution in [3.05, 3.63) is 88.4 Å². The molecule has 8 heteroatoms. The molecular formula is C29H32ClN3O4. The molecule has 4 rings (SSSR count). The van der Waals surface area contributed by atoms with Gasteiger partial charge in [0.05, 0.1) is 14.2 Å². The van der Waals surface area contributed by atoms with Gasteiger partial charge in [-0.3, -0.25) is 9.59 Å². The molecule has 37 heavy (non-hydrogen) atoms. The van der Waals surface area contributed by atoms with Gasteiger partial charge in [-0.05, 0) is 79.8 Å². The van der Waals surface area contributed by atoms with Crippen molar-refractivity contribution >= 4 is 29.1 Å². The minimum Gasteiger partial charge on any atom is -0.493 e. The van der Waals surface area contributed by atoms with Gasteiger partial charge in [-0.1, -0.05) is 29.8 Å². The number of methoxy groups -OCH3 is 2. The molecule has 0 heterocycles. The number of ether oxygens (including phenoxy) is 2. The number of benzene rings is 3. The van der Waals surface area contributed by atoms with E-state index in [4.69, 9.17) is 26.8 Å². The smallest absolute Gasteiger partial charge is 0.255 e. The van der Waals surface area contributed by atoms with Crippen LogP contribution in [0.2, 0.25) is 5.02 Å². The molecule has 3 aromatic rings. The predicted molar refractivity (Wildman–Crippen MR) is 145 cm³/mol. The van der Waals surface area contributed by atoms with Gasteiger partial charge in [0.25, 0.3) is 11.8 Å². The molecule has 3 N–H and O–H groups in total. The number of nitrogens with zero attached hydrogens (tertiary/aromatic N) is 1. The molecule has 1 aliphatic carbocycles. The van der Waals surface area contributed by atoms with Gasteiger partial charge in [0.15, 0.2) is 11.5 Å². The molecule has 1 fully saturated rings. The summed E-state index contributed by atoms with van der Waals surface area (Å²) in [6.45, 7) is 0.397. The van der Waals surface area contributed by atoms with Crippen LogP contribution in [-0.2, 0) is 6.54 Å². The highest BCUT2D eigenvalue weighted by molar-refractivity contribution is 6.31. The maximum atomic E-state index is 13.8. The van der Waals surface area contributed by atoms with E-state index in [-0.39, 0.29) is 23.9 Å². The van der Waals surface area contributed by atoms with E-state index >= 15 is 0 Å². The Balaban J connectivity index is 1.57. The van der Waals surface area contributed by atoms with Crippen LogP contribution < -0.4 is 20.5 Å². The number of hydrogen-bond donors (Lipinski definition) is 2. The number of anilines is 1. The fourth-order valence-electron chi connectivity index (χ4n) is 4.69. The van der Waals surface area contributed by atoms with Gasteiger partial charge in [-0.25, -0.2) is 0 Å². The van der Waals surface area contributed by atoms with Gasteiger partial charge in [0.2, 0.25) is 0 Å². The summed E-state index contributed by atoms with van der Waals surface area (Å²) in [5, 5.41) is 3.42. The van der Waals surface area contributed by atoms with Crippen molar-refractivity contribution in [3.63, 3.8) is 0 Å². The average molecular weight is 522 g/mol. The predicted octanol–water partition coefficient (Wildman–Crippen LogP) is 5.52. The monoisotopic (exact) mass is 521 g/mol. The van der Waals surface area contributed by atoms with E-state index in [2.05, 4.69) is 5.32 Å². The Kier molecular flexibility index (Phi) is 8.69. The zero-order chi connectivity index (χ0) is 26.4. The summed E-state index contributed by atoms with van der Waals surface area (Å²) in [5.74, 6) is 0.732. The number of nitrogens with two attached hydrogens (primary N) is 1. The normalized spacial score (nSPS) is 17.1. The SMILES string of the molecule is COc1ccc(C(=O)N(Cc2cccc(NC(=O)c3cccc(Cl)c3)c2)C2CCC(N)CC2)cc1OC. The number of amides is 2. The summed E-state index contributed by atoms with van der Waals surface area (Å²) in [4.78, 5) is 28.4. The minimum atomic E-state index is -0.251. The molecule has 0 radical (unpaired) electrons. The van der Waals surface area contributed by atoms with E-state index in [1.165, 1.54) is 0 Å². The Hall–Kier alpha value is -3.55. The number of carbonyl (C=O) groups is 2. The zero-order valence-corrected chi connectivity index (χ0v) is 21.8. The third kappa shape index (κ3) is 6.61. The molecule has 194 valence electrons. The van der Waals surface area contributed by atoms with Gasteiger partial charge in [0, 0.05) is 40.5 Å². The molecule has 1 aliphatic rings. The third-order valence-corrected chi connectivity index (χ3v) is 6.93.